The molecule has 0 saturated heterocycles. The van der Waals surface area contributed by atoms with E-state index in [1.807, 2.05) is 19.1 Å². The number of carbonyl (C=O) groups excluding carboxylic acids is 1. The van der Waals surface area contributed by atoms with Crippen LogP contribution in [-0.2, 0) is 0 Å². The molecule has 2 aromatic carbocycles. The molecule has 0 saturated carbocycles. The van der Waals surface area contributed by atoms with Crippen molar-refractivity contribution in [1.29, 1.82) is 0 Å². The second kappa shape index (κ2) is 8.30. The summed E-state index contributed by atoms with van der Waals surface area (Å²) < 4.78 is 11.9. The van der Waals surface area contributed by atoms with Crippen molar-refractivity contribution in [3.63, 3.8) is 0 Å². The van der Waals surface area contributed by atoms with E-state index in [2.05, 4.69) is 20.6 Å². The quantitative estimate of drug-likeness (QED) is 0.361. The highest BCUT2D eigenvalue weighted by Crippen LogP contribution is 2.35. The largest absolute Gasteiger partial charge is 0.493 e. The molecule has 0 aliphatic heterocycles. The first-order valence-electron chi connectivity index (χ1n) is 9.42. The lowest BCUT2D eigenvalue weighted by Gasteiger charge is -2.11. The van der Waals surface area contributed by atoms with Crippen LogP contribution in [0.25, 0.3) is 16.9 Å². The number of benzene rings is 2. The number of anilines is 1. The van der Waals surface area contributed by atoms with Gasteiger partial charge in [-0.15, -0.1) is 10.2 Å². The zero-order valence-electron chi connectivity index (χ0n) is 17.4. The first-order valence-corrected chi connectivity index (χ1v) is 9.42. The average Bonchev–Trinajstić information content (AvgIpc) is 3.18. The van der Waals surface area contributed by atoms with Crippen LogP contribution in [0.1, 0.15) is 16.2 Å². The van der Waals surface area contributed by atoms with Crippen molar-refractivity contribution < 1.29 is 19.2 Å². The number of hydrogen-bond acceptors (Lipinski definition) is 8. The number of aromatic nitrogens is 4. The number of aryl methyl sites for hydroxylation is 1. The predicted molar refractivity (Wildman–Crippen MR) is 115 cm³/mol. The number of fused-ring (bicyclic) bond motifs is 1. The summed E-state index contributed by atoms with van der Waals surface area (Å²) >= 11 is 0. The van der Waals surface area contributed by atoms with Crippen LogP contribution in [0.3, 0.4) is 0 Å². The molecule has 0 radical (unpaired) electrons. The number of nitrogens with zero attached hydrogens (tertiary/aromatic N) is 5. The van der Waals surface area contributed by atoms with E-state index in [0.29, 0.717) is 22.9 Å². The smallest absolute Gasteiger partial charge is 0.286 e. The van der Waals surface area contributed by atoms with Crippen LogP contribution >= 0.6 is 0 Å². The summed E-state index contributed by atoms with van der Waals surface area (Å²) in [6, 6.07) is 13.0. The Balaban J connectivity index is 1.60. The Morgan fingerprint density at radius 2 is 1.72 bits per heavy atom. The highest BCUT2D eigenvalue weighted by Gasteiger charge is 2.24. The van der Waals surface area contributed by atoms with Crippen LogP contribution in [0, 0.1) is 17.0 Å². The molecule has 2 heterocycles. The highest BCUT2D eigenvalue weighted by molar-refractivity contribution is 6.07. The molecule has 1 N–H and O–H groups in total. The normalized spacial score (nSPS) is 10.7. The molecule has 0 spiro atoms. The van der Waals surface area contributed by atoms with Gasteiger partial charge < -0.3 is 14.8 Å². The lowest BCUT2D eigenvalue weighted by molar-refractivity contribution is -0.385. The van der Waals surface area contributed by atoms with E-state index >= 15 is 0 Å². The number of hydrogen-bond donors (Lipinski definition) is 1. The minimum absolute atomic E-state index is 0.146. The molecule has 0 aliphatic rings. The molecule has 0 aliphatic carbocycles. The maximum atomic E-state index is 12.8. The van der Waals surface area contributed by atoms with Crippen LogP contribution in [-0.4, -0.2) is 44.9 Å². The number of nitrogens with one attached hydrogen (secondary N) is 1. The number of nitro groups is 1. The third-order valence-electron chi connectivity index (χ3n) is 4.80. The SMILES string of the molecule is COc1cc(C(=O)Nc2ccc(-c3ccc4nnc(C)n4n3)cc2)c([N+](=O)[O-])cc1OC. The fraction of sp³-hybridized carbons (Fsp3) is 0.143. The summed E-state index contributed by atoms with van der Waals surface area (Å²) in [5.74, 6) is 0.393. The van der Waals surface area contributed by atoms with Gasteiger partial charge in [0.2, 0.25) is 0 Å². The number of ether oxygens (including phenoxy) is 2. The number of carbonyl (C=O) groups is 1. The minimum Gasteiger partial charge on any atom is -0.493 e. The number of rotatable bonds is 6. The van der Waals surface area contributed by atoms with Crippen LogP contribution in [0.2, 0.25) is 0 Å². The maximum Gasteiger partial charge on any atom is 0.286 e. The molecule has 4 rings (SSSR count). The summed E-state index contributed by atoms with van der Waals surface area (Å²) in [6.07, 6.45) is 0. The van der Waals surface area contributed by atoms with Gasteiger partial charge in [-0.2, -0.15) is 9.61 Å². The number of amides is 1. The van der Waals surface area contributed by atoms with Crippen LogP contribution in [0.15, 0.2) is 48.5 Å². The van der Waals surface area contributed by atoms with Gasteiger partial charge >= 0.3 is 0 Å². The average molecular weight is 434 g/mol. The third-order valence-corrected chi connectivity index (χ3v) is 4.80. The molecular weight excluding hydrogens is 416 g/mol. The minimum atomic E-state index is -0.648. The van der Waals surface area contributed by atoms with Crippen molar-refractivity contribution >= 4 is 22.9 Å². The zero-order valence-corrected chi connectivity index (χ0v) is 17.4. The first-order chi connectivity index (χ1) is 15.4. The highest BCUT2D eigenvalue weighted by atomic mass is 16.6. The van der Waals surface area contributed by atoms with Crippen LogP contribution in [0.4, 0.5) is 11.4 Å². The zero-order chi connectivity index (χ0) is 22.8. The molecule has 0 bridgehead atoms. The Hall–Kier alpha value is -4.54. The maximum absolute atomic E-state index is 12.8. The summed E-state index contributed by atoms with van der Waals surface area (Å²) in [4.78, 5) is 23.6. The Labute approximate surface area is 181 Å². The van der Waals surface area contributed by atoms with Gasteiger partial charge in [-0.25, -0.2) is 0 Å². The monoisotopic (exact) mass is 434 g/mol. The molecule has 0 atom stereocenters. The lowest BCUT2D eigenvalue weighted by atomic mass is 10.1. The summed E-state index contributed by atoms with van der Waals surface area (Å²) in [7, 11) is 2.75. The van der Waals surface area contributed by atoms with Gasteiger partial charge in [0.1, 0.15) is 5.56 Å². The molecule has 4 aromatic rings. The molecule has 162 valence electrons. The summed E-state index contributed by atoms with van der Waals surface area (Å²) in [5, 5.41) is 26.6. The van der Waals surface area contributed by atoms with E-state index in [1.165, 1.54) is 20.3 Å². The third kappa shape index (κ3) is 3.78. The van der Waals surface area contributed by atoms with Crippen molar-refractivity contribution in [2.75, 3.05) is 19.5 Å². The predicted octanol–water partition coefficient (Wildman–Crippen LogP) is 3.28. The molecular formula is C21H18N6O5. The molecule has 0 fully saturated rings. The molecule has 32 heavy (non-hydrogen) atoms. The van der Waals surface area contributed by atoms with E-state index in [1.54, 1.807) is 28.8 Å². The Morgan fingerprint density at radius 3 is 2.38 bits per heavy atom. The van der Waals surface area contributed by atoms with Crippen molar-refractivity contribution in [1.82, 2.24) is 19.8 Å². The van der Waals surface area contributed by atoms with Crippen molar-refractivity contribution in [3.05, 3.63) is 70.0 Å². The second-order valence-corrected chi connectivity index (χ2v) is 6.75. The van der Waals surface area contributed by atoms with E-state index in [9.17, 15) is 14.9 Å². The first kappa shape index (κ1) is 20.7. The van der Waals surface area contributed by atoms with Crippen molar-refractivity contribution in [2.45, 2.75) is 6.92 Å². The molecule has 11 nitrogen and oxygen atoms in total. The van der Waals surface area contributed by atoms with Crippen molar-refractivity contribution in [2.24, 2.45) is 0 Å². The molecule has 2 aromatic heterocycles. The number of methoxy groups -OCH3 is 2. The molecule has 0 unspecified atom stereocenters. The van der Waals surface area contributed by atoms with E-state index in [4.69, 9.17) is 9.47 Å². The van der Waals surface area contributed by atoms with Gasteiger partial charge in [0.15, 0.2) is 23.0 Å². The standard InChI is InChI=1S/C21H18N6O5/c1-12-23-24-20-9-8-16(25-26(12)20)13-4-6-14(7-5-13)22-21(28)15-10-18(31-2)19(32-3)11-17(15)27(29)30/h4-11H,1-3H3,(H,22,28). The van der Waals surface area contributed by atoms with E-state index in [-0.39, 0.29) is 17.1 Å². The van der Waals surface area contributed by atoms with E-state index < -0.39 is 16.5 Å². The molecule has 1 amide bonds. The van der Waals surface area contributed by atoms with Gasteiger partial charge in [0.05, 0.1) is 30.9 Å². The van der Waals surface area contributed by atoms with Crippen molar-refractivity contribution in [3.8, 4) is 22.8 Å². The summed E-state index contributed by atoms with van der Waals surface area (Å²) in [6.45, 7) is 1.81. The van der Waals surface area contributed by atoms with Gasteiger partial charge in [0.25, 0.3) is 11.6 Å². The number of nitro benzene ring substituents is 1. The fourth-order valence-corrected chi connectivity index (χ4v) is 3.17. The topological polar surface area (TPSA) is 134 Å². The van der Waals surface area contributed by atoms with Gasteiger partial charge in [0, 0.05) is 17.3 Å². The van der Waals surface area contributed by atoms with Gasteiger partial charge in [-0.05, 0) is 31.2 Å². The van der Waals surface area contributed by atoms with Gasteiger partial charge in [-0.3, -0.25) is 14.9 Å². The lowest BCUT2D eigenvalue weighted by Crippen LogP contribution is -2.14. The van der Waals surface area contributed by atoms with Crippen LogP contribution in [0.5, 0.6) is 11.5 Å². The van der Waals surface area contributed by atoms with Gasteiger partial charge in [-0.1, -0.05) is 12.1 Å². The van der Waals surface area contributed by atoms with Crippen LogP contribution < -0.4 is 14.8 Å². The molecule has 11 heteroatoms. The summed E-state index contributed by atoms with van der Waals surface area (Å²) in [5.41, 5.74) is 2.09. The Morgan fingerprint density at radius 1 is 1.03 bits per heavy atom. The fourth-order valence-electron chi connectivity index (χ4n) is 3.17. The van der Waals surface area contributed by atoms with E-state index in [0.717, 1.165) is 11.6 Å². The Bertz CT molecular complexity index is 1330. The Kier molecular flexibility index (Phi) is 5.37. The second-order valence-electron chi connectivity index (χ2n) is 6.75.